The van der Waals surface area contributed by atoms with Gasteiger partial charge < -0.3 is 14.9 Å². The Morgan fingerprint density at radius 3 is 2.23 bits per heavy atom. The summed E-state index contributed by atoms with van der Waals surface area (Å²) < 4.78 is 5.17. The first-order valence-electron chi connectivity index (χ1n) is 4.73. The first-order chi connectivity index (χ1) is 6.33. The number of hydrogen-bond donors (Lipinski definition) is 2. The molecule has 0 aliphatic carbocycles. The number of rotatable bonds is 7. The molecule has 0 aromatic carbocycles. The third kappa shape index (κ3) is 24.5. The molecule has 0 spiro atoms. The number of ether oxygens (including phenoxy) is 1. The van der Waals surface area contributed by atoms with Crippen molar-refractivity contribution in [3.05, 3.63) is 12.7 Å². The second-order valence-corrected chi connectivity index (χ2v) is 2.52. The van der Waals surface area contributed by atoms with Crippen molar-refractivity contribution in [2.75, 3.05) is 26.4 Å². The molecular weight excluding hydrogens is 168 g/mol. The zero-order valence-corrected chi connectivity index (χ0v) is 8.54. The number of aliphatic hydroxyl groups is 2. The Balaban J connectivity index is 0. The minimum absolute atomic E-state index is 0.125. The van der Waals surface area contributed by atoms with Gasteiger partial charge in [-0.1, -0.05) is 25.8 Å². The van der Waals surface area contributed by atoms with Gasteiger partial charge in [0.1, 0.15) is 0 Å². The quantitative estimate of drug-likeness (QED) is 0.470. The Bertz CT molecular complexity index is 82.2. The van der Waals surface area contributed by atoms with Gasteiger partial charge in [-0.15, -0.1) is 6.58 Å². The molecule has 0 aromatic rings. The van der Waals surface area contributed by atoms with Crippen molar-refractivity contribution in [2.45, 2.75) is 26.2 Å². The second kappa shape index (κ2) is 17.6. The standard InChI is InChI=1S/C8H16O.C2H6O2/c1-3-5-6-8-9-7-4-2;3-1-2-4/h4H,2-3,5-8H2,1H3;3-4H,1-2H2. The molecule has 3 heteroatoms. The van der Waals surface area contributed by atoms with E-state index in [9.17, 15) is 0 Å². The molecule has 0 heterocycles. The van der Waals surface area contributed by atoms with Crippen LogP contribution in [0.3, 0.4) is 0 Å². The summed E-state index contributed by atoms with van der Waals surface area (Å²) in [6.07, 6.45) is 5.50. The maximum atomic E-state index is 7.62. The zero-order chi connectivity index (χ0) is 10.4. The summed E-state index contributed by atoms with van der Waals surface area (Å²) in [4.78, 5) is 0. The molecule has 80 valence electrons. The van der Waals surface area contributed by atoms with Gasteiger partial charge in [0.2, 0.25) is 0 Å². The minimum Gasteiger partial charge on any atom is -0.394 e. The third-order valence-corrected chi connectivity index (χ3v) is 1.23. The largest absolute Gasteiger partial charge is 0.394 e. The fraction of sp³-hybridized carbons (Fsp3) is 0.800. The Labute approximate surface area is 81.0 Å². The molecule has 0 atom stereocenters. The Kier molecular flexibility index (Phi) is 20.5. The maximum Gasteiger partial charge on any atom is 0.0662 e. The van der Waals surface area contributed by atoms with Crippen LogP contribution >= 0.6 is 0 Å². The van der Waals surface area contributed by atoms with Crippen molar-refractivity contribution in [1.29, 1.82) is 0 Å². The molecule has 0 bridgehead atoms. The van der Waals surface area contributed by atoms with Crippen LogP contribution in [0.25, 0.3) is 0 Å². The van der Waals surface area contributed by atoms with Gasteiger partial charge >= 0.3 is 0 Å². The van der Waals surface area contributed by atoms with E-state index < -0.39 is 0 Å². The van der Waals surface area contributed by atoms with E-state index in [1.54, 1.807) is 6.08 Å². The van der Waals surface area contributed by atoms with Crippen LogP contribution in [0.2, 0.25) is 0 Å². The van der Waals surface area contributed by atoms with Gasteiger partial charge in [-0.3, -0.25) is 0 Å². The lowest BCUT2D eigenvalue weighted by molar-refractivity contribution is 0.158. The predicted octanol–water partition coefficient (Wildman–Crippen LogP) is 1.35. The van der Waals surface area contributed by atoms with Gasteiger partial charge in [-0.25, -0.2) is 0 Å². The van der Waals surface area contributed by atoms with Crippen LogP contribution in [0.5, 0.6) is 0 Å². The molecule has 0 aliphatic heterocycles. The van der Waals surface area contributed by atoms with E-state index in [1.807, 2.05) is 0 Å². The van der Waals surface area contributed by atoms with Gasteiger partial charge in [0.05, 0.1) is 19.8 Å². The molecule has 13 heavy (non-hydrogen) atoms. The lowest BCUT2D eigenvalue weighted by Crippen LogP contribution is -1.92. The van der Waals surface area contributed by atoms with Gasteiger partial charge in [0, 0.05) is 6.61 Å². The smallest absolute Gasteiger partial charge is 0.0662 e. The molecule has 3 nitrogen and oxygen atoms in total. The molecule has 0 amide bonds. The average Bonchev–Trinajstić information content (AvgIpc) is 2.18. The fourth-order valence-corrected chi connectivity index (χ4v) is 0.621. The van der Waals surface area contributed by atoms with Crippen molar-refractivity contribution in [1.82, 2.24) is 0 Å². The zero-order valence-electron chi connectivity index (χ0n) is 8.54. The Morgan fingerprint density at radius 2 is 1.85 bits per heavy atom. The maximum absolute atomic E-state index is 7.62. The average molecular weight is 190 g/mol. The first kappa shape index (κ1) is 15.1. The van der Waals surface area contributed by atoms with Crippen LogP contribution in [-0.2, 0) is 4.74 Å². The second-order valence-electron chi connectivity index (χ2n) is 2.52. The van der Waals surface area contributed by atoms with E-state index in [2.05, 4.69) is 13.5 Å². The lowest BCUT2D eigenvalue weighted by atomic mass is 10.3. The normalized spacial score (nSPS) is 8.85. The van der Waals surface area contributed by atoms with Crippen LogP contribution in [0.1, 0.15) is 26.2 Å². The lowest BCUT2D eigenvalue weighted by Gasteiger charge is -1.97. The summed E-state index contributed by atoms with van der Waals surface area (Å²) in [5, 5.41) is 15.2. The molecule has 0 aromatic heterocycles. The van der Waals surface area contributed by atoms with Crippen LogP contribution in [0.4, 0.5) is 0 Å². The van der Waals surface area contributed by atoms with E-state index in [-0.39, 0.29) is 13.2 Å². The number of unbranched alkanes of at least 4 members (excludes halogenated alkanes) is 2. The SMILES string of the molecule is C=CCOCCCCC.OCCO. The van der Waals surface area contributed by atoms with E-state index in [4.69, 9.17) is 14.9 Å². The highest BCUT2D eigenvalue weighted by molar-refractivity contribution is 4.63. The summed E-state index contributed by atoms with van der Waals surface area (Å²) in [6, 6.07) is 0. The van der Waals surface area contributed by atoms with Crippen molar-refractivity contribution >= 4 is 0 Å². The molecular formula is C10H22O3. The molecule has 0 aliphatic rings. The summed E-state index contributed by atoms with van der Waals surface area (Å²) in [5.74, 6) is 0. The predicted molar refractivity (Wildman–Crippen MR) is 54.7 cm³/mol. The van der Waals surface area contributed by atoms with E-state index in [0.29, 0.717) is 6.61 Å². The summed E-state index contributed by atoms with van der Waals surface area (Å²) >= 11 is 0. The fourth-order valence-electron chi connectivity index (χ4n) is 0.621. The van der Waals surface area contributed by atoms with Crippen molar-refractivity contribution in [3.63, 3.8) is 0 Å². The number of hydrogen-bond acceptors (Lipinski definition) is 3. The van der Waals surface area contributed by atoms with Crippen LogP contribution in [-0.4, -0.2) is 36.6 Å². The van der Waals surface area contributed by atoms with Crippen molar-refractivity contribution < 1.29 is 14.9 Å². The minimum atomic E-state index is -0.125. The van der Waals surface area contributed by atoms with E-state index in [0.717, 1.165) is 6.61 Å². The molecule has 0 radical (unpaired) electrons. The highest BCUT2D eigenvalue weighted by Gasteiger charge is 1.83. The summed E-state index contributed by atoms with van der Waals surface area (Å²) in [7, 11) is 0. The topological polar surface area (TPSA) is 49.7 Å². The Hall–Kier alpha value is -0.380. The molecule has 0 fully saturated rings. The molecule has 2 N–H and O–H groups in total. The van der Waals surface area contributed by atoms with Gasteiger partial charge in [0.15, 0.2) is 0 Å². The third-order valence-electron chi connectivity index (χ3n) is 1.23. The molecule has 0 unspecified atom stereocenters. The summed E-state index contributed by atoms with van der Waals surface area (Å²) in [5.41, 5.74) is 0. The van der Waals surface area contributed by atoms with Gasteiger partial charge in [-0.2, -0.15) is 0 Å². The molecule has 0 saturated carbocycles. The van der Waals surface area contributed by atoms with E-state index in [1.165, 1.54) is 19.3 Å². The monoisotopic (exact) mass is 190 g/mol. The van der Waals surface area contributed by atoms with Crippen molar-refractivity contribution in [3.8, 4) is 0 Å². The molecule has 0 rings (SSSR count). The summed E-state index contributed by atoms with van der Waals surface area (Å²) in [6.45, 7) is 7.08. The molecule has 0 saturated heterocycles. The van der Waals surface area contributed by atoms with Crippen LogP contribution in [0.15, 0.2) is 12.7 Å². The van der Waals surface area contributed by atoms with Crippen molar-refractivity contribution in [2.24, 2.45) is 0 Å². The number of aliphatic hydroxyl groups excluding tert-OH is 2. The first-order valence-corrected chi connectivity index (χ1v) is 4.73. The highest BCUT2D eigenvalue weighted by atomic mass is 16.5. The van der Waals surface area contributed by atoms with Crippen LogP contribution in [0, 0.1) is 0 Å². The van der Waals surface area contributed by atoms with Crippen LogP contribution < -0.4 is 0 Å². The van der Waals surface area contributed by atoms with E-state index >= 15 is 0 Å². The van der Waals surface area contributed by atoms with Gasteiger partial charge in [-0.05, 0) is 6.42 Å². The highest BCUT2D eigenvalue weighted by Crippen LogP contribution is 1.93. The Morgan fingerprint density at radius 1 is 1.23 bits per heavy atom. The van der Waals surface area contributed by atoms with Gasteiger partial charge in [0.25, 0.3) is 0 Å².